The first-order valence-corrected chi connectivity index (χ1v) is 10.2. The lowest BCUT2D eigenvalue weighted by Gasteiger charge is -2.36. The van der Waals surface area contributed by atoms with Gasteiger partial charge in [0.2, 0.25) is 0 Å². The maximum Gasteiger partial charge on any atom is 0.165 e. The van der Waals surface area contributed by atoms with E-state index < -0.39 is 0 Å². The SMILES string of the molecule is COc1cccc(CN[C@H]2CC(C)(C)Cc3c2cnn3-c2ccc(F)cc2)c1OC. The van der Waals surface area contributed by atoms with Crippen LogP contribution in [-0.4, -0.2) is 24.0 Å². The molecule has 0 fully saturated rings. The summed E-state index contributed by atoms with van der Waals surface area (Å²) in [5.74, 6) is 1.24. The van der Waals surface area contributed by atoms with Crippen LogP contribution in [0.2, 0.25) is 0 Å². The van der Waals surface area contributed by atoms with Crippen molar-refractivity contribution in [1.82, 2.24) is 15.1 Å². The van der Waals surface area contributed by atoms with E-state index in [0.29, 0.717) is 6.54 Å². The highest BCUT2D eigenvalue weighted by Crippen LogP contribution is 2.42. The molecule has 0 saturated carbocycles. The molecule has 1 aromatic heterocycles. The Balaban J connectivity index is 1.63. The average molecular weight is 410 g/mol. The van der Waals surface area contributed by atoms with Gasteiger partial charge in [-0.15, -0.1) is 0 Å². The number of hydrogen-bond donors (Lipinski definition) is 1. The molecule has 0 saturated heterocycles. The number of rotatable bonds is 6. The maximum atomic E-state index is 13.4. The van der Waals surface area contributed by atoms with Gasteiger partial charge in [-0.1, -0.05) is 26.0 Å². The van der Waals surface area contributed by atoms with Crippen molar-refractivity contribution in [2.24, 2.45) is 5.41 Å². The number of benzene rings is 2. The number of nitrogens with one attached hydrogen (secondary N) is 1. The van der Waals surface area contributed by atoms with Gasteiger partial charge in [0.05, 0.1) is 26.1 Å². The van der Waals surface area contributed by atoms with E-state index in [-0.39, 0.29) is 17.3 Å². The van der Waals surface area contributed by atoms with Crippen LogP contribution in [0.15, 0.2) is 48.7 Å². The quantitative estimate of drug-likeness (QED) is 0.633. The van der Waals surface area contributed by atoms with E-state index in [4.69, 9.17) is 9.47 Å². The molecule has 158 valence electrons. The highest BCUT2D eigenvalue weighted by atomic mass is 19.1. The van der Waals surface area contributed by atoms with E-state index in [1.165, 1.54) is 23.4 Å². The molecule has 0 unspecified atom stereocenters. The molecule has 2 aromatic carbocycles. The summed E-state index contributed by atoms with van der Waals surface area (Å²) in [5.41, 5.74) is 4.41. The molecule has 6 heteroatoms. The van der Waals surface area contributed by atoms with Gasteiger partial charge in [-0.2, -0.15) is 5.10 Å². The Bertz CT molecular complexity index is 1030. The molecule has 1 heterocycles. The number of ether oxygens (including phenoxy) is 2. The lowest BCUT2D eigenvalue weighted by atomic mass is 9.74. The van der Waals surface area contributed by atoms with Gasteiger partial charge in [0.25, 0.3) is 0 Å². The van der Waals surface area contributed by atoms with Crippen molar-refractivity contribution < 1.29 is 13.9 Å². The second-order valence-corrected chi connectivity index (χ2v) is 8.57. The topological polar surface area (TPSA) is 48.3 Å². The summed E-state index contributed by atoms with van der Waals surface area (Å²) < 4.78 is 26.3. The fourth-order valence-electron chi connectivity index (χ4n) is 4.36. The molecule has 1 aliphatic rings. The summed E-state index contributed by atoms with van der Waals surface area (Å²) >= 11 is 0. The van der Waals surface area contributed by atoms with Crippen molar-refractivity contribution in [1.29, 1.82) is 0 Å². The third kappa shape index (κ3) is 3.92. The van der Waals surface area contributed by atoms with Crippen LogP contribution >= 0.6 is 0 Å². The standard InChI is InChI=1S/C24H28FN3O2/c1-24(2)12-20(26-14-16-6-5-7-22(29-3)23(16)30-4)19-15-27-28(21(19)13-24)18-10-8-17(25)9-11-18/h5-11,15,20,26H,12-14H2,1-4H3/t20-/m0/s1. The van der Waals surface area contributed by atoms with E-state index in [2.05, 4.69) is 24.3 Å². The molecule has 0 bridgehead atoms. The van der Waals surface area contributed by atoms with Crippen molar-refractivity contribution in [2.45, 2.75) is 39.3 Å². The van der Waals surface area contributed by atoms with Gasteiger partial charge in [0, 0.05) is 29.4 Å². The Morgan fingerprint density at radius 3 is 2.60 bits per heavy atom. The Labute approximate surface area is 176 Å². The van der Waals surface area contributed by atoms with Crippen LogP contribution in [0.4, 0.5) is 4.39 Å². The largest absolute Gasteiger partial charge is 0.493 e. The fraction of sp³-hybridized carbons (Fsp3) is 0.375. The summed E-state index contributed by atoms with van der Waals surface area (Å²) in [6, 6.07) is 12.6. The Kier molecular flexibility index (Phi) is 5.52. The van der Waals surface area contributed by atoms with Crippen LogP contribution < -0.4 is 14.8 Å². The maximum absolute atomic E-state index is 13.4. The zero-order valence-corrected chi connectivity index (χ0v) is 17.9. The van der Waals surface area contributed by atoms with Crippen molar-refractivity contribution in [2.75, 3.05) is 14.2 Å². The molecule has 1 aliphatic carbocycles. The normalized spacial score (nSPS) is 17.4. The van der Waals surface area contributed by atoms with Crippen molar-refractivity contribution >= 4 is 0 Å². The molecule has 3 aromatic rings. The summed E-state index contributed by atoms with van der Waals surface area (Å²) in [5, 5.41) is 8.34. The first-order chi connectivity index (χ1) is 14.4. The first-order valence-electron chi connectivity index (χ1n) is 10.2. The Hall–Kier alpha value is -2.86. The number of hydrogen-bond acceptors (Lipinski definition) is 4. The number of methoxy groups -OCH3 is 2. The highest BCUT2D eigenvalue weighted by Gasteiger charge is 2.35. The number of halogens is 1. The lowest BCUT2D eigenvalue weighted by Crippen LogP contribution is -2.33. The molecule has 0 spiro atoms. The van der Waals surface area contributed by atoms with Gasteiger partial charge >= 0.3 is 0 Å². The molecule has 1 N–H and O–H groups in total. The third-order valence-electron chi connectivity index (χ3n) is 5.77. The zero-order valence-electron chi connectivity index (χ0n) is 17.9. The van der Waals surface area contributed by atoms with E-state index >= 15 is 0 Å². The van der Waals surface area contributed by atoms with Crippen LogP contribution in [0.25, 0.3) is 5.69 Å². The molecule has 30 heavy (non-hydrogen) atoms. The second kappa shape index (κ2) is 8.11. The molecular weight excluding hydrogens is 381 g/mol. The van der Waals surface area contributed by atoms with Crippen LogP contribution in [0, 0.1) is 11.2 Å². The van der Waals surface area contributed by atoms with Crippen molar-refractivity contribution in [3.63, 3.8) is 0 Å². The predicted octanol–water partition coefficient (Wildman–Crippen LogP) is 4.83. The molecule has 5 nitrogen and oxygen atoms in total. The molecule has 0 aliphatic heterocycles. The minimum absolute atomic E-state index is 0.112. The van der Waals surface area contributed by atoms with Gasteiger partial charge in [-0.25, -0.2) is 9.07 Å². The smallest absolute Gasteiger partial charge is 0.165 e. The highest BCUT2D eigenvalue weighted by molar-refractivity contribution is 5.46. The average Bonchev–Trinajstić information content (AvgIpc) is 3.14. The Morgan fingerprint density at radius 2 is 1.90 bits per heavy atom. The lowest BCUT2D eigenvalue weighted by molar-refractivity contribution is 0.252. The van der Waals surface area contributed by atoms with Crippen LogP contribution in [-0.2, 0) is 13.0 Å². The van der Waals surface area contributed by atoms with Crippen LogP contribution in [0.5, 0.6) is 11.5 Å². The van der Waals surface area contributed by atoms with E-state index in [1.807, 2.05) is 29.1 Å². The van der Waals surface area contributed by atoms with E-state index in [9.17, 15) is 4.39 Å². The molecule has 0 radical (unpaired) electrons. The van der Waals surface area contributed by atoms with E-state index in [0.717, 1.165) is 35.6 Å². The monoisotopic (exact) mass is 409 g/mol. The summed E-state index contributed by atoms with van der Waals surface area (Å²) in [6.07, 6.45) is 3.86. The van der Waals surface area contributed by atoms with Crippen molar-refractivity contribution in [3.05, 3.63) is 71.3 Å². The fourth-order valence-corrected chi connectivity index (χ4v) is 4.36. The van der Waals surface area contributed by atoms with E-state index in [1.54, 1.807) is 26.4 Å². The Morgan fingerprint density at radius 1 is 1.13 bits per heavy atom. The molecule has 0 amide bonds. The number of para-hydroxylation sites is 1. The van der Waals surface area contributed by atoms with Gasteiger partial charge in [0.15, 0.2) is 11.5 Å². The molecular formula is C24H28FN3O2. The van der Waals surface area contributed by atoms with Crippen LogP contribution in [0.1, 0.15) is 43.1 Å². The zero-order chi connectivity index (χ0) is 21.3. The van der Waals surface area contributed by atoms with Gasteiger partial charge in [-0.3, -0.25) is 0 Å². The molecule has 4 rings (SSSR count). The number of aromatic nitrogens is 2. The minimum Gasteiger partial charge on any atom is -0.493 e. The minimum atomic E-state index is -0.244. The summed E-state index contributed by atoms with van der Waals surface area (Å²) in [7, 11) is 3.31. The van der Waals surface area contributed by atoms with Gasteiger partial charge in [-0.05, 0) is 48.6 Å². The predicted molar refractivity (Wildman–Crippen MR) is 115 cm³/mol. The molecule has 1 atom stereocenters. The number of nitrogens with zero attached hydrogens (tertiary/aromatic N) is 2. The second-order valence-electron chi connectivity index (χ2n) is 8.57. The van der Waals surface area contributed by atoms with Crippen molar-refractivity contribution in [3.8, 4) is 17.2 Å². The van der Waals surface area contributed by atoms with Crippen LogP contribution in [0.3, 0.4) is 0 Å². The third-order valence-corrected chi connectivity index (χ3v) is 5.77. The van der Waals surface area contributed by atoms with Gasteiger partial charge < -0.3 is 14.8 Å². The van der Waals surface area contributed by atoms with Gasteiger partial charge in [0.1, 0.15) is 5.82 Å². The first kappa shape index (κ1) is 20.4. The number of fused-ring (bicyclic) bond motifs is 1. The summed E-state index contributed by atoms with van der Waals surface area (Å²) in [4.78, 5) is 0. The summed E-state index contributed by atoms with van der Waals surface area (Å²) in [6.45, 7) is 5.21.